The molecule has 3 N–H and O–H groups in total. The van der Waals surface area contributed by atoms with Crippen LogP contribution in [0.4, 0.5) is 5.69 Å². The van der Waals surface area contributed by atoms with Gasteiger partial charge < -0.3 is 15.7 Å². The van der Waals surface area contributed by atoms with Crippen LogP contribution in [0.2, 0.25) is 0 Å². The van der Waals surface area contributed by atoms with E-state index in [0.717, 1.165) is 25.2 Å². The van der Waals surface area contributed by atoms with E-state index in [1.54, 1.807) is 0 Å². The minimum atomic E-state index is -0.739. The highest BCUT2D eigenvalue weighted by Crippen LogP contribution is 2.14. The van der Waals surface area contributed by atoms with Gasteiger partial charge in [0.15, 0.2) is 0 Å². The maximum Gasteiger partial charge on any atom is 0.303 e. The SMILES string of the molecule is NCCCN(CCCC(=O)O)c1ccccc1. The molecule has 0 atom stereocenters. The molecule has 0 heterocycles. The molecule has 0 aliphatic heterocycles. The van der Waals surface area contributed by atoms with Crippen molar-refractivity contribution in [2.24, 2.45) is 5.73 Å². The molecular weight excluding hydrogens is 216 g/mol. The number of aliphatic carboxylic acids is 1. The summed E-state index contributed by atoms with van der Waals surface area (Å²) < 4.78 is 0. The Morgan fingerprint density at radius 3 is 2.41 bits per heavy atom. The minimum absolute atomic E-state index is 0.214. The number of carboxylic acids is 1. The zero-order valence-electron chi connectivity index (χ0n) is 10.0. The van der Waals surface area contributed by atoms with Gasteiger partial charge in [0, 0.05) is 25.2 Å². The van der Waals surface area contributed by atoms with Gasteiger partial charge in [-0.05, 0) is 31.5 Å². The van der Waals surface area contributed by atoms with Crippen LogP contribution in [0.1, 0.15) is 19.3 Å². The zero-order chi connectivity index (χ0) is 12.5. The van der Waals surface area contributed by atoms with Gasteiger partial charge in [-0.25, -0.2) is 0 Å². The summed E-state index contributed by atoms with van der Waals surface area (Å²) in [7, 11) is 0. The smallest absolute Gasteiger partial charge is 0.303 e. The molecule has 0 saturated carbocycles. The molecule has 0 aromatic heterocycles. The fourth-order valence-corrected chi connectivity index (χ4v) is 1.71. The number of rotatable bonds is 8. The van der Waals surface area contributed by atoms with Crippen LogP contribution in [0.3, 0.4) is 0 Å². The van der Waals surface area contributed by atoms with E-state index >= 15 is 0 Å². The fraction of sp³-hybridized carbons (Fsp3) is 0.462. The Hall–Kier alpha value is -1.55. The molecule has 94 valence electrons. The van der Waals surface area contributed by atoms with Gasteiger partial charge in [0.05, 0.1) is 0 Å². The van der Waals surface area contributed by atoms with E-state index in [1.807, 2.05) is 30.3 Å². The third-order valence-electron chi connectivity index (χ3n) is 2.57. The van der Waals surface area contributed by atoms with Crippen LogP contribution in [0, 0.1) is 0 Å². The van der Waals surface area contributed by atoms with Gasteiger partial charge in [0.2, 0.25) is 0 Å². The molecule has 0 unspecified atom stereocenters. The second-order valence-corrected chi connectivity index (χ2v) is 3.96. The number of nitrogens with two attached hydrogens (primary N) is 1. The number of benzene rings is 1. The van der Waals surface area contributed by atoms with Crippen molar-refractivity contribution in [3.05, 3.63) is 30.3 Å². The number of carboxylic acid groups (broad SMARTS) is 1. The molecule has 0 saturated heterocycles. The average molecular weight is 236 g/mol. The van der Waals surface area contributed by atoms with Gasteiger partial charge in [-0.3, -0.25) is 4.79 Å². The van der Waals surface area contributed by atoms with Crippen molar-refractivity contribution in [2.45, 2.75) is 19.3 Å². The molecule has 0 radical (unpaired) electrons. The number of anilines is 1. The summed E-state index contributed by atoms with van der Waals surface area (Å²) in [4.78, 5) is 12.7. The van der Waals surface area contributed by atoms with Crippen molar-refractivity contribution < 1.29 is 9.90 Å². The molecule has 0 spiro atoms. The number of hydrogen-bond donors (Lipinski definition) is 2. The first kappa shape index (κ1) is 13.5. The van der Waals surface area contributed by atoms with E-state index in [1.165, 1.54) is 0 Å². The predicted molar refractivity (Wildman–Crippen MR) is 69.2 cm³/mol. The van der Waals surface area contributed by atoms with E-state index in [9.17, 15) is 4.79 Å². The lowest BCUT2D eigenvalue weighted by molar-refractivity contribution is -0.137. The quantitative estimate of drug-likeness (QED) is 0.721. The summed E-state index contributed by atoms with van der Waals surface area (Å²) in [6, 6.07) is 10.0. The summed E-state index contributed by atoms with van der Waals surface area (Å²) in [5.74, 6) is -0.739. The van der Waals surface area contributed by atoms with E-state index in [-0.39, 0.29) is 6.42 Å². The Morgan fingerprint density at radius 2 is 1.82 bits per heavy atom. The third kappa shape index (κ3) is 5.36. The molecule has 4 heteroatoms. The Labute approximate surface area is 102 Å². The predicted octanol–water partition coefficient (Wildman–Crippen LogP) is 1.71. The van der Waals surface area contributed by atoms with Crippen LogP contribution in [0.5, 0.6) is 0 Å². The van der Waals surface area contributed by atoms with Crippen molar-refractivity contribution in [3.63, 3.8) is 0 Å². The second-order valence-electron chi connectivity index (χ2n) is 3.96. The molecule has 1 rings (SSSR count). The van der Waals surface area contributed by atoms with Crippen molar-refractivity contribution in [1.82, 2.24) is 0 Å². The van der Waals surface area contributed by atoms with E-state index in [2.05, 4.69) is 4.90 Å². The lowest BCUT2D eigenvalue weighted by Crippen LogP contribution is -2.27. The average Bonchev–Trinajstić information content (AvgIpc) is 2.34. The first-order chi connectivity index (χ1) is 8.24. The topological polar surface area (TPSA) is 66.6 Å². The molecule has 0 fully saturated rings. The largest absolute Gasteiger partial charge is 0.481 e. The number of para-hydroxylation sites is 1. The van der Waals surface area contributed by atoms with Gasteiger partial charge in [-0.15, -0.1) is 0 Å². The summed E-state index contributed by atoms with van der Waals surface area (Å²) in [6.45, 7) is 2.29. The van der Waals surface area contributed by atoms with E-state index < -0.39 is 5.97 Å². The molecular formula is C13H20N2O2. The van der Waals surface area contributed by atoms with Gasteiger partial charge in [-0.2, -0.15) is 0 Å². The van der Waals surface area contributed by atoms with Crippen LogP contribution in [0.15, 0.2) is 30.3 Å². The van der Waals surface area contributed by atoms with E-state index in [4.69, 9.17) is 10.8 Å². The van der Waals surface area contributed by atoms with Crippen molar-refractivity contribution in [3.8, 4) is 0 Å². The molecule has 17 heavy (non-hydrogen) atoms. The Balaban J connectivity index is 2.51. The molecule has 1 aromatic carbocycles. The van der Waals surface area contributed by atoms with Gasteiger partial charge in [-0.1, -0.05) is 18.2 Å². The molecule has 4 nitrogen and oxygen atoms in total. The van der Waals surface area contributed by atoms with Crippen LogP contribution >= 0.6 is 0 Å². The highest BCUT2D eigenvalue weighted by Gasteiger charge is 2.06. The summed E-state index contributed by atoms with van der Waals surface area (Å²) in [6.07, 6.45) is 1.79. The molecule has 0 aliphatic rings. The molecule has 1 aromatic rings. The molecule has 0 aliphatic carbocycles. The Bertz CT molecular complexity index is 327. The van der Waals surface area contributed by atoms with Crippen LogP contribution < -0.4 is 10.6 Å². The highest BCUT2D eigenvalue weighted by molar-refractivity contribution is 5.66. The van der Waals surface area contributed by atoms with Crippen molar-refractivity contribution in [2.75, 3.05) is 24.5 Å². The maximum absolute atomic E-state index is 10.5. The highest BCUT2D eigenvalue weighted by atomic mass is 16.4. The molecule has 0 bridgehead atoms. The lowest BCUT2D eigenvalue weighted by atomic mass is 10.2. The van der Waals surface area contributed by atoms with Crippen molar-refractivity contribution >= 4 is 11.7 Å². The zero-order valence-corrected chi connectivity index (χ0v) is 10.0. The minimum Gasteiger partial charge on any atom is -0.481 e. The van der Waals surface area contributed by atoms with Crippen LogP contribution in [-0.2, 0) is 4.79 Å². The first-order valence-corrected chi connectivity index (χ1v) is 5.96. The summed E-state index contributed by atoms with van der Waals surface area (Å²) in [5, 5.41) is 8.63. The van der Waals surface area contributed by atoms with Gasteiger partial charge in [0.25, 0.3) is 0 Å². The normalized spacial score (nSPS) is 10.2. The Morgan fingerprint density at radius 1 is 1.18 bits per heavy atom. The molecule has 0 amide bonds. The maximum atomic E-state index is 10.5. The summed E-state index contributed by atoms with van der Waals surface area (Å²) in [5.41, 5.74) is 6.64. The lowest BCUT2D eigenvalue weighted by Gasteiger charge is -2.24. The van der Waals surface area contributed by atoms with Crippen LogP contribution in [-0.4, -0.2) is 30.7 Å². The van der Waals surface area contributed by atoms with Crippen molar-refractivity contribution in [1.29, 1.82) is 0 Å². The number of carbonyl (C=O) groups is 1. The second kappa shape index (κ2) is 7.68. The van der Waals surface area contributed by atoms with Gasteiger partial charge in [0.1, 0.15) is 0 Å². The third-order valence-corrected chi connectivity index (χ3v) is 2.57. The van der Waals surface area contributed by atoms with Gasteiger partial charge >= 0.3 is 5.97 Å². The van der Waals surface area contributed by atoms with E-state index in [0.29, 0.717) is 13.0 Å². The first-order valence-electron chi connectivity index (χ1n) is 5.96. The monoisotopic (exact) mass is 236 g/mol. The Kier molecular flexibility index (Phi) is 6.10. The fourth-order valence-electron chi connectivity index (χ4n) is 1.71. The standard InChI is InChI=1S/C13H20N2O2/c14-9-5-11-15(10-4-8-13(16)17)12-6-2-1-3-7-12/h1-3,6-7H,4-5,8-11,14H2,(H,16,17). The van der Waals surface area contributed by atoms with Crippen LogP contribution in [0.25, 0.3) is 0 Å². The number of hydrogen-bond acceptors (Lipinski definition) is 3. The number of nitrogens with zero attached hydrogens (tertiary/aromatic N) is 1. The summed E-state index contributed by atoms with van der Waals surface area (Å²) >= 11 is 0.